The molecular weight excluding hydrogens is 506 g/mol. The lowest BCUT2D eigenvalue weighted by molar-refractivity contribution is -0.129. The Morgan fingerprint density at radius 3 is 2.58 bits per heavy atom. The second-order valence-electron chi connectivity index (χ2n) is 10.1. The van der Waals surface area contributed by atoms with Gasteiger partial charge in [0.25, 0.3) is 5.91 Å². The van der Waals surface area contributed by atoms with E-state index in [1.807, 2.05) is 51.1 Å². The third-order valence-electron chi connectivity index (χ3n) is 7.00. The lowest BCUT2D eigenvalue weighted by Crippen LogP contribution is -2.60. The van der Waals surface area contributed by atoms with Crippen LogP contribution in [0.1, 0.15) is 49.5 Å². The highest BCUT2D eigenvalue weighted by atomic mass is 32.2. The molecule has 208 valence electrons. The number of benzene rings is 1. The fourth-order valence-electron chi connectivity index (χ4n) is 4.31. The van der Waals surface area contributed by atoms with Crippen LogP contribution >= 0.6 is 0 Å². The number of aliphatic hydroxyl groups excluding tert-OH is 1. The molecule has 2 aromatic rings. The molecule has 1 aliphatic heterocycles. The van der Waals surface area contributed by atoms with Crippen molar-refractivity contribution in [3.8, 4) is 0 Å². The highest BCUT2D eigenvalue weighted by Crippen LogP contribution is 2.22. The number of sulfonamides is 1. The fourth-order valence-corrected chi connectivity index (χ4v) is 4.74. The van der Waals surface area contributed by atoms with E-state index in [2.05, 4.69) is 20.9 Å². The van der Waals surface area contributed by atoms with E-state index < -0.39 is 34.1 Å². The molecular formula is C27H39N5O5S. The van der Waals surface area contributed by atoms with Crippen LogP contribution < -0.4 is 20.3 Å². The first-order valence-corrected chi connectivity index (χ1v) is 14.8. The number of amides is 1. The zero-order valence-corrected chi connectivity index (χ0v) is 23.5. The van der Waals surface area contributed by atoms with E-state index >= 15 is 0 Å². The van der Waals surface area contributed by atoms with Gasteiger partial charge in [-0.15, -0.1) is 0 Å². The Balaban J connectivity index is 1.95. The average Bonchev–Trinajstić information content (AvgIpc) is 2.88. The van der Waals surface area contributed by atoms with Crippen LogP contribution in [0.3, 0.4) is 0 Å². The van der Waals surface area contributed by atoms with Crippen molar-refractivity contribution in [1.29, 1.82) is 0 Å². The number of aromatic nitrogens is 1. The molecule has 1 aliphatic rings. The number of pyridine rings is 1. The minimum Gasteiger partial charge on any atom is -0.389 e. The number of rotatable bonds is 11. The topological polar surface area (TPSA) is 141 Å². The Morgan fingerprint density at radius 1 is 1.26 bits per heavy atom. The summed E-state index contributed by atoms with van der Waals surface area (Å²) in [6, 6.07) is 10.8. The molecule has 11 heteroatoms. The highest BCUT2D eigenvalue weighted by Gasteiger charge is 2.38. The van der Waals surface area contributed by atoms with Crippen LogP contribution in [0.15, 0.2) is 42.5 Å². The molecule has 0 spiro atoms. The lowest BCUT2D eigenvalue weighted by Gasteiger charge is -2.35. The van der Waals surface area contributed by atoms with Gasteiger partial charge in [0.05, 0.1) is 24.4 Å². The molecule has 1 amide bonds. The summed E-state index contributed by atoms with van der Waals surface area (Å²) in [5, 5.41) is 20.5. The van der Waals surface area contributed by atoms with Crippen molar-refractivity contribution in [2.75, 3.05) is 29.5 Å². The van der Waals surface area contributed by atoms with Gasteiger partial charge in [-0.1, -0.05) is 44.2 Å². The Kier molecular flexibility index (Phi) is 9.86. The number of hydrogen-bond acceptors (Lipinski definition) is 8. The summed E-state index contributed by atoms with van der Waals surface area (Å²) >= 11 is 0. The molecule has 1 saturated heterocycles. The van der Waals surface area contributed by atoms with E-state index in [0.717, 1.165) is 22.5 Å². The Labute approximate surface area is 225 Å². The maximum atomic E-state index is 13.6. The quantitative estimate of drug-likeness (QED) is 0.336. The number of ketones is 1. The molecule has 5 atom stereocenters. The molecule has 0 radical (unpaired) electrons. The number of hydrogen-bond donors (Lipinski definition) is 4. The Hall–Kier alpha value is -3.02. The van der Waals surface area contributed by atoms with E-state index in [4.69, 9.17) is 0 Å². The van der Waals surface area contributed by atoms with E-state index in [9.17, 15) is 23.1 Å². The first kappa shape index (κ1) is 29.5. The van der Waals surface area contributed by atoms with Gasteiger partial charge in [0.1, 0.15) is 11.6 Å². The number of carbonyl (C=O) groups is 2. The summed E-state index contributed by atoms with van der Waals surface area (Å²) in [4.78, 5) is 30.8. The zero-order valence-electron chi connectivity index (χ0n) is 22.6. The molecule has 1 unspecified atom stereocenters. The summed E-state index contributed by atoms with van der Waals surface area (Å²) in [6.07, 6.45) is 1.67. The van der Waals surface area contributed by atoms with Gasteiger partial charge >= 0.3 is 0 Å². The van der Waals surface area contributed by atoms with Gasteiger partial charge in [-0.2, -0.15) is 0 Å². The van der Waals surface area contributed by atoms with Crippen molar-refractivity contribution in [3.63, 3.8) is 0 Å². The fraction of sp³-hybridized carbons (Fsp3) is 0.519. The molecule has 0 saturated carbocycles. The number of anilines is 2. The number of nitrogens with zero attached hydrogens (tertiary/aromatic N) is 2. The van der Waals surface area contributed by atoms with Gasteiger partial charge in [-0.05, 0) is 50.4 Å². The second-order valence-corrected chi connectivity index (χ2v) is 12.1. The van der Waals surface area contributed by atoms with Gasteiger partial charge in [0, 0.05) is 24.6 Å². The van der Waals surface area contributed by atoms with Gasteiger partial charge in [-0.3, -0.25) is 13.9 Å². The molecule has 10 nitrogen and oxygen atoms in total. The number of aliphatic hydroxyl groups is 1. The molecule has 1 fully saturated rings. The first-order chi connectivity index (χ1) is 17.9. The van der Waals surface area contributed by atoms with E-state index in [1.165, 1.54) is 13.1 Å². The van der Waals surface area contributed by atoms with Crippen LogP contribution in [0.4, 0.5) is 11.6 Å². The van der Waals surface area contributed by atoms with Crippen LogP contribution in [0.25, 0.3) is 0 Å². The average molecular weight is 546 g/mol. The summed E-state index contributed by atoms with van der Waals surface area (Å²) in [7, 11) is -2.26. The van der Waals surface area contributed by atoms with Gasteiger partial charge in [0.15, 0.2) is 5.78 Å². The molecule has 2 heterocycles. The monoisotopic (exact) mass is 545 g/mol. The molecule has 3 rings (SSSR count). The lowest BCUT2D eigenvalue weighted by atomic mass is 9.85. The number of nitrogens with one attached hydrogen (secondary N) is 3. The highest BCUT2D eigenvalue weighted by molar-refractivity contribution is 7.92. The van der Waals surface area contributed by atoms with Crippen molar-refractivity contribution in [3.05, 3.63) is 53.6 Å². The minimum absolute atomic E-state index is 0.0373. The van der Waals surface area contributed by atoms with Crippen molar-refractivity contribution in [1.82, 2.24) is 15.6 Å². The Bertz CT molecular complexity index is 1220. The summed E-state index contributed by atoms with van der Waals surface area (Å²) in [5.74, 6) is -0.344. The Morgan fingerprint density at radius 2 is 1.95 bits per heavy atom. The number of carbonyl (C=O) groups excluding carboxylic acids is 2. The molecule has 1 aromatic heterocycles. The van der Waals surface area contributed by atoms with Crippen LogP contribution in [0, 0.1) is 5.92 Å². The SMILES string of the molecule is CC[C@H](C)Nc1cc(C(=O)N[C@@H](Cc2ccccc2)[C@H](O)[C@@H]2NCCC(C)C2=O)cc(N(C)S(C)(=O)=O)n1. The van der Waals surface area contributed by atoms with Crippen LogP contribution in [-0.4, -0.2) is 74.3 Å². The third-order valence-corrected chi connectivity index (χ3v) is 8.19. The maximum Gasteiger partial charge on any atom is 0.251 e. The van der Waals surface area contributed by atoms with Gasteiger partial charge in [0.2, 0.25) is 10.0 Å². The van der Waals surface area contributed by atoms with E-state index in [-0.39, 0.29) is 29.1 Å². The molecule has 0 aliphatic carbocycles. The van der Waals surface area contributed by atoms with Crippen molar-refractivity contribution in [2.45, 2.75) is 64.3 Å². The van der Waals surface area contributed by atoms with Crippen molar-refractivity contribution in [2.24, 2.45) is 5.92 Å². The van der Waals surface area contributed by atoms with Crippen LogP contribution in [-0.2, 0) is 21.2 Å². The summed E-state index contributed by atoms with van der Waals surface area (Å²) in [6.45, 7) is 6.39. The van der Waals surface area contributed by atoms with E-state index in [0.29, 0.717) is 25.2 Å². The normalized spacial score (nSPS) is 20.3. The summed E-state index contributed by atoms with van der Waals surface area (Å²) < 4.78 is 25.4. The third kappa shape index (κ3) is 7.52. The zero-order chi connectivity index (χ0) is 28.0. The van der Waals surface area contributed by atoms with E-state index in [1.54, 1.807) is 6.07 Å². The van der Waals surface area contributed by atoms with Crippen LogP contribution in [0.2, 0.25) is 0 Å². The second kappa shape index (κ2) is 12.7. The predicted molar refractivity (Wildman–Crippen MR) is 149 cm³/mol. The minimum atomic E-state index is -3.63. The molecule has 38 heavy (non-hydrogen) atoms. The number of piperidine rings is 1. The summed E-state index contributed by atoms with van der Waals surface area (Å²) in [5.41, 5.74) is 1.07. The largest absolute Gasteiger partial charge is 0.389 e. The van der Waals surface area contributed by atoms with Gasteiger partial charge in [-0.25, -0.2) is 13.4 Å². The van der Waals surface area contributed by atoms with Crippen molar-refractivity contribution < 1.29 is 23.1 Å². The molecule has 4 N–H and O–H groups in total. The number of Topliss-reactive ketones (excluding diaryl/α,β-unsaturated/α-hetero) is 1. The molecule has 1 aromatic carbocycles. The van der Waals surface area contributed by atoms with Crippen molar-refractivity contribution >= 4 is 33.3 Å². The predicted octanol–water partition coefficient (Wildman–Crippen LogP) is 1.96. The van der Waals surface area contributed by atoms with Gasteiger partial charge < -0.3 is 21.1 Å². The standard InChI is InChI=1S/C27H39N5O5S/c1-6-18(3)29-22-15-20(16-23(31-22)32(4)38(5,36)37)27(35)30-21(14-19-10-8-7-9-11-19)26(34)24-25(33)17(2)12-13-28-24/h7-11,15-18,21,24,26,28,34H,6,12-14H2,1-5H3,(H,29,31)(H,30,35)/t17?,18-,21-,24+,26-/m0/s1. The smallest absolute Gasteiger partial charge is 0.251 e. The van der Waals surface area contributed by atoms with Crippen LogP contribution in [0.5, 0.6) is 0 Å². The molecule has 0 bridgehead atoms. The first-order valence-electron chi connectivity index (χ1n) is 12.9. The maximum absolute atomic E-state index is 13.6.